The molecule has 1 aromatic heterocycles. The quantitative estimate of drug-likeness (QED) is 0.290. The highest BCUT2D eigenvalue weighted by Gasteiger charge is 2.09. The maximum Gasteiger partial charge on any atom is 0.244 e. The summed E-state index contributed by atoms with van der Waals surface area (Å²) in [5.74, 6) is 0.964. The summed E-state index contributed by atoms with van der Waals surface area (Å²) in [5, 5.41) is 24.4. The average Bonchev–Trinajstić information content (AvgIpc) is 3.26. The molecule has 8 heteroatoms. The summed E-state index contributed by atoms with van der Waals surface area (Å²) in [6.45, 7) is 3.17. The highest BCUT2D eigenvalue weighted by atomic mass is 15.6. The van der Waals surface area contributed by atoms with Gasteiger partial charge in [0.2, 0.25) is 5.96 Å². The standard InChI is InChI=1S/C22H34N8/c1-2-3-4-5-6-7-8-9-10-11-16-25-22(30-28-21(18-24)27-29-30)26-20-14-12-19(17-23)13-15-20/h12-15H,2-11,16,18,24H2,1H3,(H,25,26). The molecule has 8 nitrogen and oxygen atoms in total. The summed E-state index contributed by atoms with van der Waals surface area (Å²) in [6.07, 6.45) is 12.9. The van der Waals surface area contributed by atoms with E-state index in [9.17, 15) is 0 Å². The zero-order valence-electron chi connectivity index (χ0n) is 18.1. The molecule has 0 saturated heterocycles. The fourth-order valence-corrected chi connectivity index (χ4v) is 3.11. The first-order valence-electron chi connectivity index (χ1n) is 11.1. The number of nitrogens with two attached hydrogens (primary N) is 1. The molecule has 1 heterocycles. The number of hydrogen-bond donors (Lipinski definition) is 2. The molecule has 0 amide bonds. The smallest absolute Gasteiger partial charge is 0.244 e. The Kier molecular flexibility index (Phi) is 11.1. The lowest BCUT2D eigenvalue weighted by Crippen LogP contribution is -2.25. The Morgan fingerprint density at radius 2 is 1.67 bits per heavy atom. The molecule has 0 spiro atoms. The van der Waals surface area contributed by atoms with Crippen LogP contribution in [0.4, 0.5) is 5.69 Å². The molecular weight excluding hydrogens is 376 g/mol. The van der Waals surface area contributed by atoms with Gasteiger partial charge in [0.05, 0.1) is 18.2 Å². The molecule has 0 radical (unpaired) electrons. The molecule has 0 aliphatic heterocycles. The Balaban J connectivity index is 1.80. The summed E-state index contributed by atoms with van der Waals surface area (Å²) in [4.78, 5) is 6.02. The van der Waals surface area contributed by atoms with Crippen LogP contribution >= 0.6 is 0 Å². The Hall–Kier alpha value is -2.79. The predicted molar refractivity (Wildman–Crippen MR) is 120 cm³/mol. The Morgan fingerprint density at radius 3 is 2.23 bits per heavy atom. The van der Waals surface area contributed by atoms with E-state index in [0.29, 0.717) is 23.9 Å². The van der Waals surface area contributed by atoms with Crippen LogP contribution in [0.25, 0.3) is 0 Å². The summed E-state index contributed by atoms with van der Waals surface area (Å²) in [7, 11) is 0. The molecule has 0 atom stereocenters. The van der Waals surface area contributed by atoms with Crippen LogP contribution in [0.2, 0.25) is 0 Å². The van der Waals surface area contributed by atoms with Gasteiger partial charge >= 0.3 is 0 Å². The van der Waals surface area contributed by atoms with Crippen LogP contribution in [0.15, 0.2) is 29.3 Å². The Morgan fingerprint density at radius 1 is 1.03 bits per heavy atom. The Labute approximate surface area is 179 Å². The lowest BCUT2D eigenvalue weighted by molar-refractivity contribution is 0.558. The maximum atomic E-state index is 8.95. The highest BCUT2D eigenvalue weighted by molar-refractivity contribution is 5.94. The van der Waals surface area contributed by atoms with Gasteiger partial charge < -0.3 is 11.1 Å². The lowest BCUT2D eigenvalue weighted by atomic mass is 10.1. The largest absolute Gasteiger partial charge is 0.324 e. The van der Waals surface area contributed by atoms with Gasteiger partial charge in [-0.05, 0) is 35.9 Å². The molecule has 162 valence electrons. The summed E-state index contributed by atoms with van der Waals surface area (Å²) < 4.78 is 0. The zero-order valence-corrected chi connectivity index (χ0v) is 18.1. The van der Waals surface area contributed by atoms with E-state index in [1.54, 1.807) is 12.1 Å². The van der Waals surface area contributed by atoms with Gasteiger partial charge in [-0.1, -0.05) is 69.5 Å². The van der Waals surface area contributed by atoms with E-state index >= 15 is 0 Å². The van der Waals surface area contributed by atoms with Crippen LogP contribution in [0.1, 0.15) is 82.5 Å². The molecule has 1 aromatic carbocycles. The molecule has 0 fully saturated rings. The minimum absolute atomic E-state index is 0.225. The van der Waals surface area contributed by atoms with Crippen molar-refractivity contribution in [2.75, 3.05) is 11.9 Å². The van der Waals surface area contributed by atoms with Crippen LogP contribution in [-0.4, -0.2) is 32.7 Å². The van der Waals surface area contributed by atoms with Gasteiger partial charge in [0.25, 0.3) is 0 Å². The third-order valence-electron chi connectivity index (χ3n) is 4.87. The number of tetrazole rings is 1. The highest BCUT2D eigenvalue weighted by Crippen LogP contribution is 2.11. The number of anilines is 1. The molecule has 0 saturated carbocycles. The van der Waals surface area contributed by atoms with E-state index in [0.717, 1.165) is 12.1 Å². The number of unbranched alkanes of at least 4 members (excludes halogenated alkanes) is 9. The number of rotatable bonds is 13. The molecule has 0 unspecified atom stereocenters. The monoisotopic (exact) mass is 410 g/mol. The molecule has 0 bridgehead atoms. The van der Waals surface area contributed by atoms with E-state index in [4.69, 9.17) is 11.0 Å². The predicted octanol–water partition coefficient (Wildman–Crippen LogP) is 4.24. The van der Waals surface area contributed by atoms with Crippen molar-refractivity contribution < 1.29 is 0 Å². The van der Waals surface area contributed by atoms with Crippen molar-refractivity contribution in [1.29, 1.82) is 5.26 Å². The van der Waals surface area contributed by atoms with E-state index in [1.807, 2.05) is 12.1 Å². The van der Waals surface area contributed by atoms with E-state index in [-0.39, 0.29) is 6.54 Å². The summed E-state index contributed by atoms with van der Waals surface area (Å²) in [6, 6.07) is 9.28. The number of nitrogens with zero attached hydrogens (tertiary/aromatic N) is 6. The summed E-state index contributed by atoms with van der Waals surface area (Å²) >= 11 is 0. The number of nitrogens with one attached hydrogen (secondary N) is 1. The van der Waals surface area contributed by atoms with Crippen molar-refractivity contribution in [2.24, 2.45) is 10.7 Å². The van der Waals surface area contributed by atoms with Crippen LogP contribution in [0.3, 0.4) is 0 Å². The molecular formula is C22H34N8. The molecule has 0 aliphatic rings. The number of benzene rings is 1. The normalized spacial score (nSPS) is 11.4. The van der Waals surface area contributed by atoms with E-state index in [1.165, 1.54) is 62.6 Å². The van der Waals surface area contributed by atoms with Gasteiger partial charge in [0.15, 0.2) is 5.82 Å². The second-order valence-electron chi connectivity index (χ2n) is 7.40. The van der Waals surface area contributed by atoms with Gasteiger partial charge in [-0.15, -0.1) is 10.2 Å². The minimum atomic E-state index is 0.225. The van der Waals surface area contributed by atoms with E-state index in [2.05, 4.69) is 38.7 Å². The van der Waals surface area contributed by atoms with Crippen molar-refractivity contribution in [3.05, 3.63) is 35.7 Å². The fourth-order valence-electron chi connectivity index (χ4n) is 3.11. The third kappa shape index (κ3) is 8.70. The average molecular weight is 411 g/mol. The van der Waals surface area contributed by atoms with Crippen molar-refractivity contribution in [3.63, 3.8) is 0 Å². The second kappa shape index (κ2) is 14.2. The van der Waals surface area contributed by atoms with Crippen molar-refractivity contribution >= 4 is 11.6 Å². The van der Waals surface area contributed by atoms with Gasteiger partial charge in [-0.3, -0.25) is 0 Å². The first-order valence-corrected chi connectivity index (χ1v) is 11.1. The molecule has 30 heavy (non-hydrogen) atoms. The molecule has 0 aliphatic carbocycles. The van der Waals surface area contributed by atoms with Crippen molar-refractivity contribution in [3.8, 4) is 6.07 Å². The van der Waals surface area contributed by atoms with Crippen molar-refractivity contribution in [2.45, 2.75) is 77.7 Å². The fraction of sp³-hybridized carbons (Fsp3) is 0.591. The number of aromatic nitrogens is 4. The molecule has 2 rings (SSSR count). The number of aliphatic imine (C=N–C) groups is 1. The van der Waals surface area contributed by atoms with Gasteiger partial charge in [-0.25, -0.2) is 4.99 Å². The van der Waals surface area contributed by atoms with Crippen LogP contribution in [-0.2, 0) is 6.54 Å². The molecule has 2 aromatic rings. The maximum absolute atomic E-state index is 8.95. The SMILES string of the molecule is CCCCCCCCCCCCN=C(Nc1ccc(C#N)cc1)n1nnc(CN)n1. The van der Waals surface area contributed by atoms with Crippen molar-refractivity contribution in [1.82, 2.24) is 20.2 Å². The van der Waals surface area contributed by atoms with Crippen LogP contribution in [0.5, 0.6) is 0 Å². The minimum Gasteiger partial charge on any atom is -0.324 e. The number of nitriles is 1. The summed E-state index contributed by atoms with van der Waals surface area (Å²) in [5.41, 5.74) is 7.01. The lowest BCUT2D eigenvalue weighted by Gasteiger charge is -2.08. The number of hydrogen-bond acceptors (Lipinski definition) is 6. The van der Waals surface area contributed by atoms with Gasteiger partial charge in [-0.2, -0.15) is 5.26 Å². The first-order chi connectivity index (χ1) is 14.8. The topological polar surface area (TPSA) is 118 Å². The van der Waals surface area contributed by atoms with Crippen LogP contribution < -0.4 is 11.1 Å². The van der Waals surface area contributed by atoms with Gasteiger partial charge in [0.1, 0.15) is 0 Å². The van der Waals surface area contributed by atoms with Crippen LogP contribution in [0, 0.1) is 11.3 Å². The Bertz CT molecular complexity index is 788. The molecule has 3 N–H and O–H groups in total. The first kappa shape index (κ1) is 23.5. The van der Waals surface area contributed by atoms with Gasteiger partial charge in [0, 0.05) is 12.2 Å². The third-order valence-corrected chi connectivity index (χ3v) is 4.87. The zero-order chi connectivity index (χ0) is 21.4. The van der Waals surface area contributed by atoms with E-state index < -0.39 is 0 Å². The second-order valence-corrected chi connectivity index (χ2v) is 7.40.